The van der Waals surface area contributed by atoms with Crippen LogP contribution >= 0.6 is 0 Å². The van der Waals surface area contributed by atoms with E-state index in [4.69, 9.17) is 0 Å². The number of aromatic nitrogens is 2. The van der Waals surface area contributed by atoms with Gasteiger partial charge in [0.1, 0.15) is 0 Å². The molecule has 1 atom stereocenters. The number of benzene rings is 2. The number of nitrogens with one attached hydrogen (secondary N) is 1. The third-order valence-electron chi connectivity index (χ3n) is 3.94. The lowest BCUT2D eigenvalue weighted by Gasteiger charge is -2.10. The van der Waals surface area contributed by atoms with E-state index in [1.54, 1.807) is 44.3 Å². The van der Waals surface area contributed by atoms with Gasteiger partial charge in [-0.3, -0.25) is 9.59 Å². The molecule has 2 aromatic carbocycles. The van der Waals surface area contributed by atoms with Gasteiger partial charge in [-0.2, -0.15) is 5.10 Å². The molecular formula is C19H19N3O3. The highest BCUT2D eigenvalue weighted by Gasteiger charge is 2.12. The highest BCUT2D eigenvalue weighted by Crippen LogP contribution is 2.24. The van der Waals surface area contributed by atoms with Crippen LogP contribution in [-0.4, -0.2) is 33.4 Å². The molecule has 6 nitrogen and oxygen atoms in total. The Balaban J connectivity index is 1.98. The van der Waals surface area contributed by atoms with Gasteiger partial charge in [0, 0.05) is 30.1 Å². The number of carbonyl (C=O) groups excluding carboxylic acids is 1. The minimum absolute atomic E-state index is 0.145. The fourth-order valence-electron chi connectivity index (χ4n) is 2.63. The monoisotopic (exact) mass is 337 g/mol. The van der Waals surface area contributed by atoms with E-state index in [1.807, 2.05) is 18.2 Å². The van der Waals surface area contributed by atoms with Gasteiger partial charge < -0.3 is 10.4 Å². The molecule has 0 saturated carbocycles. The Hall–Kier alpha value is -2.99. The van der Waals surface area contributed by atoms with Crippen LogP contribution in [-0.2, 0) is 7.05 Å². The third kappa shape index (κ3) is 3.44. The van der Waals surface area contributed by atoms with Crippen molar-refractivity contribution in [1.29, 1.82) is 0 Å². The van der Waals surface area contributed by atoms with E-state index in [9.17, 15) is 14.7 Å². The molecule has 2 N–H and O–H groups in total. The van der Waals surface area contributed by atoms with E-state index in [0.717, 1.165) is 10.9 Å². The maximum Gasteiger partial charge on any atom is 0.274 e. The van der Waals surface area contributed by atoms with Crippen LogP contribution in [0.1, 0.15) is 17.3 Å². The third-order valence-corrected chi connectivity index (χ3v) is 3.94. The summed E-state index contributed by atoms with van der Waals surface area (Å²) in [5.74, 6) is -0.245. The van der Waals surface area contributed by atoms with Crippen LogP contribution in [0.4, 0.5) is 0 Å². The van der Waals surface area contributed by atoms with Crippen molar-refractivity contribution in [1.82, 2.24) is 15.1 Å². The van der Waals surface area contributed by atoms with Gasteiger partial charge in [-0.1, -0.05) is 30.3 Å². The minimum atomic E-state index is -0.593. The molecule has 0 unspecified atom stereocenters. The summed E-state index contributed by atoms with van der Waals surface area (Å²) in [5, 5.41) is 17.6. The van der Waals surface area contributed by atoms with Crippen molar-refractivity contribution in [3.8, 4) is 11.3 Å². The summed E-state index contributed by atoms with van der Waals surface area (Å²) in [6.07, 6.45) is -0.593. The summed E-state index contributed by atoms with van der Waals surface area (Å²) in [6, 6.07) is 14.3. The Morgan fingerprint density at radius 2 is 1.80 bits per heavy atom. The average Bonchev–Trinajstić information content (AvgIpc) is 2.63. The number of nitrogens with zero attached hydrogens (tertiary/aromatic N) is 2. The largest absolute Gasteiger partial charge is 0.392 e. The normalized spacial score (nSPS) is 12.1. The molecule has 0 fully saturated rings. The molecule has 0 spiro atoms. The van der Waals surface area contributed by atoms with E-state index in [0.29, 0.717) is 16.6 Å². The lowest BCUT2D eigenvalue weighted by atomic mass is 10.0. The minimum Gasteiger partial charge on any atom is -0.392 e. The van der Waals surface area contributed by atoms with Gasteiger partial charge in [0.25, 0.3) is 11.5 Å². The quantitative estimate of drug-likeness (QED) is 0.759. The molecule has 0 aliphatic carbocycles. The zero-order valence-electron chi connectivity index (χ0n) is 14.1. The van der Waals surface area contributed by atoms with Crippen LogP contribution in [0.25, 0.3) is 22.0 Å². The van der Waals surface area contributed by atoms with Gasteiger partial charge in [0.2, 0.25) is 0 Å². The highest BCUT2D eigenvalue weighted by molar-refractivity contribution is 5.96. The van der Waals surface area contributed by atoms with Gasteiger partial charge in [0.05, 0.1) is 17.2 Å². The number of aryl methyl sites for hydroxylation is 1. The van der Waals surface area contributed by atoms with Crippen molar-refractivity contribution in [2.24, 2.45) is 7.05 Å². The number of aliphatic hydroxyl groups excluding tert-OH is 1. The Morgan fingerprint density at radius 3 is 2.44 bits per heavy atom. The lowest BCUT2D eigenvalue weighted by molar-refractivity contribution is 0.0924. The van der Waals surface area contributed by atoms with Crippen LogP contribution in [0.3, 0.4) is 0 Å². The molecule has 0 aliphatic heterocycles. The van der Waals surface area contributed by atoms with Gasteiger partial charge in [-0.25, -0.2) is 4.68 Å². The molecule has 3 rings (SSSR count). The molecule has 3 aromatic rings. The molecule has 6 heteroatoms. The standard InChI is InChI=1S/C19H19N3O3/c1-12(23)11-20-18(24)14-9-7-13(8-10-14)17-15-5-3-4-6-16(15)19(25)22(2)21-17/h3-10,12,23H,11H2,1-2H3,(H,20,24)/t12-/m1/s1. The van der Waals surface area contributed by atoms with Crippen molar-refractivity contribution in [3.63, 3.8) is 0 Å². The molecule has 0 saturated heterocycles. The highest BCUT2D eigenvalue weighted by atomic mass is 16.3. The maximum atomic E-state index is 12.2. The smallest absolute Gasteiger partial charge is 0.274 e. The number of aliphatic hydroxyl groups is 1. The second-order valence-corrected chi connectivity index (χ2v) is 5.96. The summed E-state index contributed by atoms with van der Waals surface area (Å²) in [5.41, 5.74) is 1.86. The van der Waals surface area contributed by atoms with Crippen molar-refractivity contribution >= 4 is 16.7 Å². The summed E-state index contributed by atoms with van der Waals surface area (Å²) in [6.45, 7) is 1.81. The fourth-order valence-corrected chi connectivity index (χ4v) is 2.63. The topological polar surface area (TPSA) is 84.2 Å². The fraction of sp³-hybridized carbons (Fsp3) is 0.211. The van der Waals surface area contributed by atoms with E-state index in [1.165, 1.54) is 4.68 Å². The molecule has 0 bridgehead atoms. The van der Waals surface area contributed by atoms with Crippen LogP contribution in [0, 0.1) is 0 Å². The van der Waals surface area contributed by atoms with Crippen molar-refractivity contribution < 1.29 is 9.90 Å². The number of amides is 1. The Labute approximate surface area is 144 Å². The number of fused-ring (bicyclic) bond motifs is 1. The molecular weight excluding hydrogens is 318 g/mol. The van der Waals surface area contributed by atoms with Crippen molar-refractivity contribution in [2.75, 3.05) is 6.54 Å². The van der Waals surface area contributed by atoms with Crippen molar-refractivity contribution in [2.45, 2.75) is 13.0 Å². The average molecular weight is 337 g/mol. The van der Waals surface area contributed by atoms with Gasteiger partial charge in [-0.05, 0) is 25.1 Å². The van der Waals surface area contributed by atoms with Gasteiger partial charge in [-0.15, -0.1) is 0 Å². The summed E-state index contributed by atoms with van der Waals surface area (Å²) >= 11 is 0. The predicted octanol–water partition coefficient (Wildman–Crippen LogP) is 1.71. The van der Waals surface area contributed by atoms with E-state index in [-0.39, 0.29) is 18.0 Å². The summed E-state index contributed by atoms with van der Waals surface area (Å²) in [4.78, 5) is 24.2. The lowest BCUT2D eigenvalue weighted by Crippen LogP contribution is -2.30. The Kier molecular flexibility index (Phi) is 4.63. The first-order chi connectivity index (χ1) is 12.0. The molecule has 128 valence electrons. The van der Waals surface area contributed by atoms with E-state index < -0.39 is 6.10 Å². The van der Waals surface area contributed by atoms with Gasteiger partial charge >= 0.3 is 0 Å². The summed E-state index contributed by atoms with van der Waals surface area (Å²) < 4.78 is 1.32. The first-order valence-corrected chi connectivity index (χ1v) is 8.00. The van der Waals surface area contributed by atoms with E-state index >= 15 is 0 Å². The van der Waals surface area contributed by atoms with Gasteiger partial charge in [0.15, 0.2) is 0 Å². The molecule has 1 heterocycles. The number of rotatable bonds is 4. The number of hydrogen-bond donors (Lipinski definition) is 2. The Bertz CT molecular complexity index is 975. The summed E-state index contributed by atoms with van der Waals surface area (Å²) in [7, 11) is 1.62. The maximum absolute atomic E-state index is 12.2. The molecule has 0 radical (unpaired) electrons. The zero-order chi connectivity index (χ0) is 18.0. The number of hydrogen-bond acceptors (Lipinski definition) is 4. The predicted molar refractivity (Wildman–Crippen MR) is 96.4 cm³/mol. The molecule has 1 aromatic heterocycles. The second kappa shape index (κ2) is 6.86. The van der Waals surface area contributed by atoms with E-state index in [2.05, 4.69) is 10.4 Å². The van der Waals surface area contributed by atoms with Crippen molar-refractivity contribution in [3.05, 3.63) is 64.4 Å². The first kappa shape index (κ1) is 16.9. The van der Waals surface area contributed by atoms with Crippen LogP contribution in [0.15, 0.2) is 53.3 Å². The molecule has 25 heavy (non-hydrogen) atoms. The molecule has 0 aliphatic rings. The zero-order valence-corrected chi connectivity index (χ0v) is 14.1. The van der Waals surface area contributed by atoms with Crippen LogP contribution in [0.2, 0.25) is 0 Å². The number of carbonyl (C=O) groups is 1. The SMILES string of the molecule is C[C@@H](O)CNC(=O)c1ccc(-c2nn(C)c(=O)c3ccccc23)cc1. The first-order valence-electron chi connectivity index (χ1n) is 8.00. The second-order valence-electron chi connectivity index (χ2n) is 5.96. The van der Waals surface area contributed by atoms with Crippen LogP contribution in [0.5, 0.6) is 0 Å². The Morgan fingerprint density at radius 1 is 1.16 bits per heavy atom. The molecule has 1 amide bonds. The van der Waals surface area contributed by atoms with Crippen LogP contribution < -0.4 is 10.9 Å².